The second-order valence-corrected chi connectivity index (χ2v) is 4.18. The van der Waals surface area contributed by atoms with E-state index in [4.69, 9.17) is 4.74 Å². The number of ether oxygens (including phenoxy) is 1. The van der Waals surface area contributed by atoms with Crippen LogP contribution < -0.4 is 5.32 Å². The van der Waals surface area contributed by atoms with Gasteiger partial charge in [-0.05, 0) is 35.2 Å². The Bertz CT molecular complexity index is 229. The summed E-state index contributed by atoms with van der Waals surface area (Å²) >= 11 is 1.76. The lowest BCUT2D eigenvalue weighted by Gasteiger charge is -2.22. The van der Waals surface area contributed by atoms with Crippen LogP contribution in [-0.2, 0) is 11.3 Å². The molecule has 1 N–H and O–H groups in total. The van der Waals surface area contributed by atoms with Gasteiger partial charge in [-0.1, -0.05) is 0 Å². The van der Waals surface area contributed by atoms with Crippen molar-refractivity contribution >= 4 is 11.3 Å². The average molecular weight is 197 g/mol. The molecule has 0 aliphatic carbocycles. The second-order valence-electron chi connectivity index (χ2n) is 3.40. The van der Waals surface area contributed by atoms with Crippen LogP contribution in [0.1, 0.15) is 18.4 Å². The molecule has 0 saturated carbocycles. The van der Waals surface area contributed by atoms with Gasteiger partial charge in [0.25, 0.3) is 0 Å². The van der Waals surface area contributed by atoms with E-state index < -0.39 is 0 Å². The first-order chi connectivity index (χ1) is 6.45. The van der Waals surface area contributed by atoms with Gasteiger partial charge in [0.2, 0.25) is 0 Å². The highest BCUT2D eigenvalue weighted by Crippen LogP contribution is 2.09. The highest BCUT2D eigenvalue weighted by Gasteiger charge is 2.12. The van der Waals surface area contributed by atoms with Crippen LogP contribution in [0.5, 0.6) is 0 Å². The molecule has 3 heteroatoms. The molecular formula is C10H15NOS. The van der Waals surface area contributed by atoms with Gasteiger partial charge in [-0.25, -0.2) is 0 Å². The Hall–Kier alpha value is -0.380. The van der Waals surface area contributed by atoms with Crippen LogP contribution in [0.25, 0.3) is 0 Å². The highest BCUT2D eigenvalue weighted by atomic mass is 32.1. The first-order valence-electron chi connectivity index (χ1n) is 4.77. The standard InChI is InChI=1S/C10H15NOS/c1-4-12-5-2-10(1)11-7-9-3-6-13-8-9/h3,6,8,10-11H,1-2,4-5,7H2. The average Bonchev–Trinajstić information content (AvgIpc) is 2.69. The first kappa shape index (κ1) is 9.19. The van der Waals surface area contributed by atoms with Gasteiger partial charge in [-0.15, -0.1) is 0 Å². The number of hydrogen-bond donors (Lipinski definition) is 1. The van der Waals surface area contributed by atoms with Crippen LogP contribution in [-0.4, -0.2) is 19.3 Å². The molecule has 2 rings (SSSR count). The van der Waals surface area contributed by atoms with E-state index in [2.05, 4.69) is 22.1 Å². The van der Waals surface area contributed by atoms with Crippen LogP contribution in [0.15, 0.2) is 16.8 Å². The van der Waals surface area contributed by atoms with Crippen LogP contribution in [0.2, 0.25) is 0 Å². The Kier molecular flexibility index (Phi) is 3.35. The van der Waals surface area contributed by atoms with Crippen molar-refractivity contribution in [2.24, 2.45) is 0 Å². The van der Waals surface area contributed by atoms with Gasteiger partial charge in [0.05, 0.1) is 0 Å². The largest absolute Gasteiger partial charge is 0.381 e. The summed E-state index contributed by atoms with van der Waals surface area (Å²) in [6, 6.07) is 2.84. The molecule has 1 saturated heterocycles. The van der Waals surface area contributed by atoms with Gasteiger partial charge in [-0.3, -0.25) is 0 Å². The Morgan fingerprint density at radius 2 is 2.31 bits per heavy atom. The lowest BCUT2D eigenvalue weighted by atomic mass is 10.1. The molecule has 1 aromatic rings. The quantitative estimate of drug-likeness (QED) is 0.800. The van der Waals surface area contributed by atoms with Gasteiger partial charge < -0.3 is 10.1 Å². The smallest absolute Gasteiger partial charge is 0.0480 e. The number of hydrogen-bond acceptors (Lipinski definition) is 3. The van der Waals surface area contributed by atoms with E-state index >= 15 is 0 Å². The molecule has 0 aromatic carbocycles. The third-order valence-corrected chi connectivity index (χ3v) is 3.13. The van der Waals surface area contributed by atoms with Gasteiger partial charge >= 0.3 is 0 Å². The van der Waals surface area contributed by atoms with Crippen molar-refractivity contribution in [1.82, 2.24) is 5.32 Å². The minimum absolute atomic E-state index is 0.661. The fraction of sp³-hybridized carbons (Fsp3) is 0.600. The normalized spacial score (nSPS) is 19.1. The zero-order valence-corrected chi connectivity index (χ0v) is 8.48. The van der Waals surface area contributed by atoms with E-state index in [-0.39, 0.29) is 0 Å². The third-order valence-electron chi connectivity index (χ3n) is 2.40. The summed E-state index contributed by atoms with van der Waals surface area (Å²) in [7, 11) is 0. The zero-order chi connectivity index (χ0) is 8.93. The minimum Gasteiger partial charge on any atom is -0.381 e. The fourth-order valence-electron chi connectivity index (χ4n) is 1.56. The van der Waals surface area contributed by atoms with Crippen molar-refractivity contribution in [3.05, 3.63) is 22.4 Å². The summed E-state index contributed by atoms with van der Waals surface area (Å²) in [5, 5.41) is 7.88. The second kappa shape index (κ2) is 4.74. The molecule has 0 spiro atoms. The topological polar surface area (TPSA) is 21.3 Å². The maximum absolute atomic E-state index is 5.30. The lowest BCUT2D eigenvalue weighted by molar-refractivity contribution is 0.0776. The molecule has 0 atom stereocenters. The van der Waals surface area contributed by atoms with E-state index in [1.54, 1.807) is 11.3 Å². The molecule has 0 unspecified atom stereocenters. The summed E-state index contributed by atoms with van der Waals surface area (Å²) in [5.74, 6) is 0. The van der Waals surface area contributed by atoms with Crippen LogP contribution in [0, 0.1) is 0 Å². The van der Waals surface area contributed by atoms with Crippen molar-refractivity contribution in [3.63, 3.8) is 0 Å². The summed E-state index contributed by atoms with van der Waals surface area (Å²) in [5.41, 5.74) is 1.40. The van der Waals surface area contributed by atoms with E-state index in [0.29, 0.717) is 6.04 Å². The summed E-state index contributed by atoms with van der Waals surface area (Å²) in [6.07, 6.45) is 2.31. The van der Waals surface area contributed by atoms with E-state index in [1.165, 1.54) is 5.56 Å². The van der Waals surface area contributed by atoms with Gasteiger partial charge in [0.15, 0.2) is 0 Å². The van der Waals surface area contributed by atoms with Crippen LogP contribution in [0.3, 0.4) is 0 Å². The minimum atomic E-state index is 0.661. The highest BCUT2D eigenvalue weighted by molar-refractivity contribution is 7.07. The monoisotopic (exact) mass is 197 g/mol. The SMILES string of the molecule is c1cc(CNC2CCOCC2)cs1. The zero-order valence-electron chi connectivity index (χ0n) is 7.66. The van der Waals surface area contributed by atoms with E-state index in [0.717, 1.165) is 32.6 Å². The van der Waals surface area contributed by atoms with Gasteiger partial charge in [0, 0.05) is 25.8 Å². The van der Waals surface area contributed by atoms with Crippen molar-refractivity contribution in [2.45, 2.75) is 25.4 Å². The maximum Gasteiger partial charge on any atom is 0.0480 e. The van der Waals surface area contributed by atoms with Crippen molar-refractivity contribution < 1.29 is 4.74 Å². The molecule has 0 amide bonds. The number of rotatable bonds is 3. The lowest BCUT2D eigenvalue weighted by Crippen LogP contribution is -2.34. The van der Waals surface area contributed by atoms with E-state index in [9.17, 15) is 0 Å². The van der Waals surface area contributed by atoms with Gasteiger partial charge in [0.1, 0.15) is 0 Å². The molecule has 1 aliphatic rings. The fourth-order valence-corrected chi connectivity index (χ4v) is 2.23. The predicted octanol–water partition coefficient (Wildman–Crippen LogP) is 2.02. The Labute approximate surface area is 82.9 Å². The van der Waals surface area contributed by atoms with E-state index in [1.807, 2.05) is 0 Å². The molecule has 2 heterocycles. The molecule has 1 fully saturated rings. The summed E-state index contributed by atoms with van der Waals surface area (Å²) in [4.78, 5) is 0. The Balaban J connectivity index is 1.72. The molecule has 0 bridgehead atoms. The first-order valence-corrected chi connectivity index (χ1v) is 5.71. The molecule has 1 aliphatic heterocycles. The Morgan fingerprint density at radius 3 is 3.00 bits per heavy atom. The van der Waals surface area contributed by atoms with Crippen molar-refractivity contribution in [2.75, 3.05) is 13.2 Å². The molecule has 2 nitrogen and oxygen atoms in total. The predicted molar refractivity (Wildman–Crippen MR) is 55.0 cm³/mol. The molecule has 72 valence electrons. The Morgan fingerprint density at radius 1 is 1.46 bits per heavy atom. The third kappa shape index (κ3) is 2.79. The van der Waals surface area contributed by atoms with Crippen LogP contribution >= 0.6 is 11.3 Å². The summed E-state index contributed by atoms with van der Waals surface area (Å²) in [6.45, 7) is 2.84. The van der Waals surface area contributed by atoms with Crippen molar-refractivity contribution in [1.29, 1.82) is 0 Å². The summed E-state index contributed by atoms with van der Waals surface area (Å²) < 4.78 is 5.30. The molecular weight excluding hydrogens is 182 g/mol. The van der Waals surface area contributed by atoms with Gasteiger partial charge in [-0.2, -0.15) is 11.3 Å². The molecule has 1 aromatic heterocycles. The molecule has 0 radical (unpaired) electrons. The maximum atomic E-state index is 5.30. The number of nitrogens with one attached hydrogen (secondary N) is 1. The van der Waals surface area contributed by atoms with Crippen LogP contribution in [0.4, 0.5) is 0 Å². The number of thiophene rings is 1. The molecule has 13 heavy (non-hydrogen) atoms. The van der Waals surface area contributed by atoms with Crippen molar-refractivity contribution in [3.8, 4) is 0 Å².